The Kier molecular flexibility index (Phi) is 9.54. The zero-order chi connectivity index (χ0) is 3.58. The third kappa shape index (κ3) is 41.9. The van der Waals surface area contributed by atoms with Crippen LogP contribution in [-0.4, -0.2) is 18.2 Å². The van der Waals surface area contributed by atoms with Crippen molar-refractivity contribution in [3.05, 3.63) is 0 Å². The van der Waals surface area contributed by atoms with E-state index < -0.39 is 10.5 Å². The fourth-order valence-electron chi connectivity index (χ4n) is 0. The van der Waals surface area contributed by atoms with E-state index in [0.717, 1.165) is 0 Å². The fourth-order valence-corrected chi connectivity index (χ4v) is 0. The summed E-state index contributed by atoms with van der Waals surface area (Å²) in [6, 6.07) is 0. The van der Waals surface area contributed by atoms with E-state index in [4.69, 9.17) is 8.76 Å². The maximum Gasteiger partial charge on any atom is 0.0928 e. The van der Waals surface area contributed by atoms with Crippen LogP contribution in [0.15, 0.2) is 0 Å². The standard InChI is InChI=1S/Au.H4O2SSi/c;1-3(2)4/h;4H3,(H,1,2)/p-1. The molecule has 1 unspecified atom stereocenters. The molecule has 0 aliphatic heterocycles. The smallest absolute Gasteiger partial charge is 0.0928 e. The van der Waals surface area contributed by atoms with Gasteiger partial charge in [-0.1, -0.05) is 10.5 Å². The Bertz CT molecular complexity index is 32.6. The van der Waals surface area contributed by atoms with E-state index in [0.29, 0.717) is 0 Å². The topological polar surface area (TPSA) is 40.1 Å². The van der Waals surface area contributed by atoms with Gasteiger partial charge in [-0.3, -0.25) is 4.21 Å². The Morgan fingerprint density at radius 3 is 1.80 bits per heavy atom. The van der Waals surface area contributed by atoms with Crippen LogP contribution in [-0.2, 0) is 32.9 Å². The van der Waals surface area contributed by atoms with Gasteiger partial charge in [0, 0.05) is 22.4 Å². The Morgan fingerprint density at radius 1 is 1.80 bits per heavy atom. The summed E-state index contributed by atoms with van der Waals surface area (Å²) in [5.74, 6) is 0. The van der Waals surface area contributed by atoms with E-state index in [9.17, 15) is 0 Å². The Morgan fingerprint density at radius 2 is 1.80 bits per heavy atom. The van der Waals surface area contributed by atoms with Gasteiger partial charge in [0.15, 0.2) is 0 Å². The van der Waals surface area contributed by atoms with Crippen molar-refractivity contribution in [2.75, 3.05) is 0 Å². The minimum Gasteiger partial charge on any atom is -0.778 e. The number of hydrogen-bond acceptors (Lipinski definition) is 2. The summed E-state index contributed by atoms with van der Waals surface area (Å²) in [5.41, 5.74) is 0. The van der Waals surface area contributed by atoms with Crippen LogP contribution in [0.3, 0.4) is 0 Å². The van der Waals surface area contributed by atoms with Crippen molar-refractivity contribution in [2.45, 2.75) is 0 Å². The average Bonchev–Trinajstić information content (AvgIpc) is 0.811. The normalized spacial score (nSPS) is 13.0. The first-order valence-electron chi connectivity index (χ1n) is 0.742. The van der Waals surface area contributed by atoms with Gasteiger partial charge in [0.1, 0.15) is 0 Å². The quantitative estimate of drug-likeness (QED) is 0.388. The molecule has 0 amide bonds. The first-order valence-corrected chi connectivity index (χ1v) is 4.67. The van der Waals surface area contributed by atoms with Crippen LogP contribution < -0.4 is 0 Å². The molecule has 0 saturated heterocycles. The summed E-state index contributed by atoms with van der Waals surface area (Å²) >= 11 is 0. The molecule has 0 aromatic rings. The molecular formula is H3AuO2SSi-. The molecular weight excluding hydrogens is 289 g/mol. The molecule has 0 bridgehead atoms. The van der Waals surface area contributed by atoms with Crippen molar-refractivity contribution in [1.29, 1.82) is 0 Å². The van der Waals surface area contributed by atoms with Crippen molar-refractivity contribution >= 4 is 19.9 Å². The van der Waals surface area contributed by atoms with E-state index >= 15 is 0 Å². The van der Waals surface area contributed by atoms with Crippen molar-refractivity contribution in [1.82, 2.24) is 0 Å². The summed E-state index contributed by atoms with van der Waals surface area (Å²) in [5, 5.41) is 0. The van der Waals surface area contributed by atoms with Crippen molar-refractivity contribution in [3.63, 3.8) is 0 Å². The van der Waals surface area contributed by atoms with Crippen LogP contribution in [0.1, 0.15) is 0 Å². The second-order valence-electron chi connectivity index (χ2n) is 0.401. The molecule has 0 aromatic heterocycles. The third-order valence-corrected chi connectivity index (χ3v) is 0. The van der Waals surface area contributed by atoms with E-state index in [1.807, 2.05) is 0 Å². The van der Waals surface area contributed by atoms with Crippen molar-refractivity contribution < 1.29 is 31.1 Å². The first-order chi connectivity index (χ1) is 1.73. The fraction of sp³-hybridized carbons (Fsp3) is 0. The maximum atomic E-state index is 9.06. The van der Waals surface area contributed by atoms with Gasteiger partial charge < -0.3 is 4.55 Å². The van der Waals surface area contributed by atoms with Gasteiger partial charge in [0.2, 0.25) is 0 Å². The molecule has 0 rings (SSSR count). The molecule has 1 atom stereocenters. The molecule has 0 spiro atoms. The number of hydrogen-bond donors (Lipinski definition) is 0. The second-order valence-corrected chi connectivity index (χ2v) is 3.20. The Hall–Kier alpha value is 1.07. The molecule has 1 radical (unpaired) electrons. The first kappa shape index (κ1) is 9.42. The molecule has 0 saturated carbocycles. The van der Waals surface area contributed by atoms with Crippen LogP contribution in [0.5, 0.6) is 0 Å². The van der Waals surface area contributed by atoms with Crippen molar-refractivity contribution in [2.24, 2.45) is 0 Å². The number of rotatable bonds is 0. The third-order valence-electron chi connectivity index (χ3n) is 0. The maximum absolute atomic E-state index is 9.06. The Balaban J connectivity index is 0. The van der Waals surface area contributed by atoms with Crippen LogP contribution in [0.2, 0.25) is 0 Å². The van der Waals surface area contributed by atoms with Crippen LogP contribution >= 0.6 is 0 Å². The molecule has 0 fully saturated rings. The van der Waals surface area contributed by atoms with Gasteiger partial charge in [-0.2, -0.15) is 0 Å². The minimum atomic E-state index is -1.72. The van der Waals surface area contributed by atoms with Gasteiger partial charge in [-0.25, -0.2) is 0 Å². The van der Waals surface area contributed by atoms with E-state index in [-0.39, 0.29) is 31.8 Å². The van der Waals surface area contributed by atoms with Gasteiger partial charge in [0.05, 0.1) is 9.39 Å². The van der Waals surface area contributed by atoms with Crippen molar-refractivity contribution in [3.8, 4) is 0 Å². The summed E-state index contributed by atoms with van der Waals surface area (Å²) < 4.78 is 18.1. The SMILES string of the molecule is O=S([O-])[SiH3].[Au]. The summed E-state index contributed by atoms with van der Waals surface area (Å²) in [6.45, 7) is 0. The monoisotopic (exact) mass is 292 g/mol. The molecule has 0 aliphatic rings. The summed E-state index contributed by atoms with van der Waals surface area (Å²) in [4.78, 5) is 0. The molecule has 5 heavy (non-hydrogen) atoms. The zero-order valence-electron chi connectivity index (χ0n) is 2.53. The van der Waals surface area contributed by atoms with Crippen LogP contribution in [0.4, 0.5) is 0 Å². The largest absolute Gasteiger partial charge is 0.778 e. The zero-order valence-corrected chi connectivity index (χ0v) is 7.51. The van der Waals surface area contributed by atoms with E-state index in [1.165, 1.54) is 0 Å². The molecule has 5 heteroatoms. The van der Waals surface area contributed by atoms with E-state index in [1.54, 1.807) is 0 Å². The Labute approximate surface area is 51.2 Å². The summed E-state index contributed by atoms with van der Waals surface area (Å²) in [6.07, 6.45) is 0. The molecule has 2 nitrogen and oxygen atoms in total. The van der Waals surface area contributed by atoms with Gasteiger partial charge in [-0.15, -0.1) is 0 Å². The van der Waals surface area contributed by atoms with Gasteiger partial charge >= 0.3 is 0 Å². The summed E-state index contributed by atoms with van der Waals surface area (Å²) in [7, 11) is -1.46. The molecule has 0 heterocycles. The molecule has 0 aromatic carbocycles. The average molecular weight is 292 g/mol. The molecule has 0 N–H and O–H groups in total. The predicted molar refractivity (Wildman–Crippen MR) is 18.9 cm³/mol. The second kappa shape index (κ2) is 5.07. The van der Waals surface area contributed by atoms with E-state index in [2.05, 4.69) is 0 Å². The van der Waals surface area contributed by atoms with Gasteiger partial charge in [0.25, 0.3) is 0 Å². The minimum absolute atomic E-state index is 0. The predicted octanol–water partition coefficient (Wildman–Crippen LogP) is -1.86. The van der Waals surface area contributed by atoms with Crippen LogP contribution in [0.25, 0.3) is 0 Å². The van der Waals surface area contributed by atoms with Gasteiger partial charge in [-0.05, 0) is 0 Å². The molecule has 37 valence electrons. The van der Waals surface area contributed by atoms with Crippen LogP contribution in [0, 0.1) is 0 Å². The molecule has 0 aliphatic carbocycles.